The summed E-state index contributed by atoms with van der Waals surface area (Å²) in [4.78, 5) is 17.4. The number of nitrogens with zero attached hydrogens (tertiary/aromatic N) is 5. The van der Waals surface area contributed by atoms with E-state index in [0.29, 0.717) is 12.5 Å². The largest absolute Gasteiger partial charge is 0.378 e. The van der Waals surface area contributed by atoms with Gasteiger partial charge in [0.1, 0.15) is 5.82 Å². The standard InChI is InChI=1S/C22H32N6O2S/c1-3-28-21(24-25-22(28)31-2)17-7-6-10-26(15-17)16-20(29)23-18-8-4-5-9-19(18)27-11-13-30-14-12-27/h4-5,8-9,17H,3,6-7,10-16H2,1-2H3,(H,23,29)/t17-/m0/s1. The Morgan fingerprint density at radius 3 is 2.81 bits per heavy atom. The van der Waals surface area contributed by atoms with E-state index < -0.39 is 0 Å². The number of hydrogen-bond acceptors (Lipinski definition) is 7. The third kappa shape index (κ3) is 5.22. The maximum Gasteiger partial charge on any atom is 0.238 e. The molecule has 0 radical (unpaired) electrons. The zero-order chi connectivity index (χ0) is 21.6. The van der Waals surface area contributed by atoms with Crippen LogP contribution in [-0.2, 0) is 16.1 Å². The van der Waals surface area contributed by atoms with Gasteiger partial charge < -0.3 is 19.5 Å². The van der Waals surface area contributed by atoms with E-state index in [9.17, 15) is 4.79 Å². The Morgan fingerprint density at radius 1 is 1.23 bits per heavy atom. The maximum atomic E-state index is 12.9. The molecule has 0 bridgehead atoms. The predicted octanol–water partition coefficient (Wildman–Crippen LogP) is 2.67. The fourth-order valence-corrected chi connectivity index (χ4v) is 5.08. The Hall–Kier alpha value is -2.10. The van der Waals surface area contributed by atoms with Crippen molar-refractivity contribution in [1.82, 2.24) is 19.7 Å². The molecule has 3 heterocycles. The van der Waals surface area contributed by atoms with Crippen LogP contribution in [0, 0.1) is 0 Å². The maximum absolute atomic E-state index is 12.9. The average Bonchev–Trinajstić information content (AvgIpc) is 3.23. The van der Waals surface area contributed by atoms with E-state index in [1.54, 1.807) is 11.8 Å². The van der Waals surface area contributed by atoms with Gasteiger partial charge >= 0.3 is 0 Å². The molecule has 0 unspecified atom stereocenters. The lowest BCUT2D eigenvalue weighted by Gasteiger charge is -2.32. The van der Waals surface area contributed by atoms with Gasteiger partial charge in [-0.1, -0.05) is 23.9 Å². The van der Waals surface area contributed by atoms with Crippen molar-refractivity contribution in [2.45, 2.75) is 37.4 Å². The number of rotatable bonds is 7. The highest BCUT2D eigenvalue weighted by atomic mass is 32.2. The fraction of sp³-hybridized carbons (Fsp3) is 0.591. The van der Waals surface area contributed by atoms with Crippen molar-refractivity contribution in [3.8, 4) is 0 Å². The number of hydrogen-bond donors (Lipinski definition) is 1. The Balaban J connectivity index is 1.39. The molecule has 2 fully saturated rings. The van der Waals surface area contributed by atoms with Gasteiger partial charge in [-0.15, -0.1) is 10.2 Å². The van der Waals surface area contributed by atoms with Gasteiger partial charge in [0, 0.05) is 32.1 Å². The second kappa shape index (κ2) is 10.5. The lowest BCUT2D eigenvalue weighted by molar-refractivity contribution is -0.117. The minimum absolute atomic E-state index is 0.0307. The minimum atomic E-state index is 0.0307. The Morgan fingerprint density at radius 2 is 2.03 bits per heavy atom. The summed E-state index contributed by atoms with van der Waals surface area (Å²) < 4.78 is 7.67. The van der Waals surface area contributed by atoms with Crippen molar-refractivity contribution in [3.63, 3.8) is 0 Å². The number of carbonyl (C=O) groups excluding carboxylic acids is 1. The molecular formula is C22H32N6O2S. The molecule has 168 valence electrons. The van der Waals surface area contributed by atoms with Crippen LogP contribution in [0.5, 0.6) is 0 Å². The van der Waals surface area contributed by atoms with Gasteiger partial charge in [-0.05, 0) is 44.7 Å². The van der Waals surface area contributed by atoms with E-state index in [1.165, 1.54) is 0 Å². The van der Waals surface area contributed by atoms with Crippen LogP contribution in [0.1, 0.15) is 31.5 Å². The van der Waals surface area contributed by atoms with Crippen LogP contribution in [-0.4, -0.2) is 77.8 Å². The van der Waals surface area contributed by atoms with Gasteiger partial charge in [0.2, 0.25) is 5.91 Å². The number of nitrogens with one attached hydrogen (secondary N) is 1. The topological polar surface area (TPSA) is 75.5 Å². The number of morpholine rings is 1. The second-order valence-electron chi connectivity index (χ2n) is 8.03. The molecule has 31 heavy (non-hydrogen) atoms. The minimum Gasteiger partial charge on any atom is -0.378 e. The van der Waals surface area contributed by atoms with Gasteiger partial charge in [-0.25, -0.2) is 0 Å². The zero-order valence-corrected chi connectivity index (χ0v) is 19.2. The van der Waals surface area contributed by atoms with Crippen molar-refractivity contribution >= 4 is 29.0 Å². The summed E-state index contributed by atoms with van der Waals surface area (Å²) in [5.74, 6) is 1.40. The van der Waals surface area contributed by atoms with Crippen LogP contribution in [0.15, 0.2) is 29.4 Å². The summed E-state index contributed by atoms with van der Waals surface area (Å²) in [5.41, 5.74) is 1.94. The van der Waals surface area contributed by atoms with Gasteiger partial charge in [-0.3, -0.25) is 9.69 Å². The van der Waals surface area contributed by atoms with Gasteiger partial charge in [0.25, 0.3) is 0 Å². The van der Waals surface area contributed by atoms with Gasteiger partial charge in [0.15, 0.2) is 5.16 Å². The number of aromatic nitrogens is 3. The molecule has 2 aromatic rings. The molecular weight excluding hydrogens is 412 g/mol. The summed E-state index contributed by atoms with van der Waals surface area (Å²) in [6.45, 7) is 8.30. The van der Waals surface area contributed by atoms with Crippen molar-refractivity contribution in [2.24, 2.45) is 0 Å². The molecule has 0 spiro atoms. The van der Waals surface area contributed by atoms with Crippen LogP contribution in [0.4, 0.5) is 11.4 Å². The van der Waals surface area contributed by atoms with Crippen molar-refractivity contribution in [1.29, 1.82) is 0 Å². The highest BCUT2D eigenvalue weighted by molar-refractivity contribution is 7.98. The third-order valence-corrected chi connectivity index (χ3v) is 6.68. The summed E-state index contributed by atoms with van der Waals surface area (Å²) in [6, 6.07) is 8.04. The average molecular weight is 445 g/mol. The number of likely N-dealkylation sites (tertiary alicyclic amines) is 1. The van der Waals surface area contributed by atoms with E-state index >= 15 is 0 Å². The number of piperidine rings is 1. The van der Waals surface area contributed by atoms with Crippen LogP contribution in [0.2, 0.25) is 0 Å². The van der Waals surface area contributed by atoms with Crippen LogP contribution in [0.3, 0.4) is 0 Å². The molecule has 0 aliphatic carbocycles. The Kier molecular flexibility index (Phi) is 7.47. The predicted molar refractivity (Wildman–Crippen MR) is 124 cm³/mol. The SMILES string of the molecule is CCn1c(SC)nnc1[C@H]1CCCN(CC(=O)Nc2ccccc2N2CCOCC2)C1. The summed E-state index contributed by atoms with van der Waals surface area (Å²) in [5, 5.41) is 12.9. The molecule has 2 saturated heterocycles. The molecule has 1 atom stereocenters. The molecule has 2 aliphatic heterocycles. The summed E-state index contributed by atoms with van der Waals surface area (Å²) >= 11 is 1.63. The first kappa shape index (κ1) is 22.1. The highest BCUT2D eigenvalue weighted by Crippen LogP contribution is 2.29. The Bertz CT molecular complexity index is 883. The van der Waals surface area contributed by atoms with Crippen molar-refractivity contribution in [3.05, 3.63) is 30.1 Å². The molecule has 9 heteroatoms. The van der Waals surface area contributed by atoms with E-state index in [2.05, 4.69) is 42.9 Å². The number of ether oxygens (including phenoxy) is 1. The number of thioether (sulfide) groups is 1. The smallest absolute Gasteiger partial charge is 0.238 e. The number of para-hydroxylation sites is 2. The van der Waals surface area contributed by atoms with Crippen LogP contribution < -0.4 is 10.2 Å². The third-order valence-electron chi connectivity index (χ3n) is 6.01. The van der Waals surface area contributed by atoms with Crippen molar-refractivity contribution < 1.29 is 9.53 Å². The van der Waals surface area contributed by atoms with E-state index in [-0.39, 0.29) is 5.91 Å². The molecule has 1 N–H and O–H groups in total. The fourth-order valence-electron chi connectivity index (χ4n) is 4.51. The molecule has 0 saturated carbocycles. The number of anilines is 2. The van der Waals surface area contributed by atoms with Crippen LogP contribution in [0.25, 0.3) is 0 Å². The molecule has 1 amide bonds. The van der Waals surface area contributed by atoms with Gasteiger partial charge in [-0.2, -0.15) is 0 Å². The molecule has 1 aromatic heterocycles. The lowest BCUT2D eigenvalue weighted by atomic mass is 9.97. The first-order valence-corrected chi connectivity index (χ1v) is 12.3. The summed E-state index contributed by atoms with van der Waals surface area (Å²) in [7, 11) is 0. The van der Waals surface area contributed by atoms with Gasteiger partial charge in [0.05, 0.1) is 31.1 Å². The second-order valence-corrected chi connectivity index (χ2v) is 8.80. The van der Waals surface area contributed by atoms with E-state index in [0.717, 1.165) is 81.1 Å². The van der Waals surface area contributed by atoms with Crippen molar-refractivity contribution in [2.75, 3.05) is 62.4 Å². The zero-order valence-electron chi connectivity index (χ0n) is 18.4. The monoisotopic (exact) mass is 444 g/mol. The van der Waals surface area contributed by atoms with E-state index in [4.69, 9.17) is 4.74 Å². The molecule has 2 aliphatic rings. The first-order valence-electron chi connectivity index (χ1n) is 11.1. The molecule has 1 aromatic carbocycles. The van der Waals surface area contributed by atoms with E-state index in [1.807, 2.05) is 24.5 Å². The Labute approximate surface area is 188 Å². The summed E-state index contributed by atoms with van der Waals surface area (Å²) in [6.07, 6.45) is 4.18. The first-order chi connectivity index (χ1) is 15.2. The normalized spacial score (nSPS) is 20.1. The number of amides is 1. The molecule has 8 nitrogen and oxygen atoms in total. The lowest BCUT2D eigenvalue weighted by Crippen LogP contribution is -2.41. The number of benzene rings is 1. The van der Waals surface area contributed by atoms with Crippen LogP contribution >= 0.6 is 11.8 Å². The number of carbonyl (C=O) groups is 1. The molecule has 4 rings (SSSR count). The quantitative estimate of drug-likeness (QED) is 0.658. The highest BCUT2D eigenvalue weighted by Gasteiger charge is 2.27.